The second-order valence-corrected chi connectivity index (χ2v) is 6.87. The van der Waals surface area contributed by atoms with Gasteiger partial charge in [-0.25, -0.2) is 0 Å². The van der Waals surface area contributed by atoms with Crippen molar-refractivity contribution in [3.63, 3.8) is 0 Å². The van der Waals surface area contributed by atoms with Crippen molar-refractivity contribution < 1.29 is 4.74 Å². The number of nitrogens with one attached hydrogen (secondary N) is 1. The first-order valence-electron chi connectivity index (χ1n) is 6.83. The highest BCUT2D eigenvalue weighted by molar-refractivity contribution is 9.10. The summed E-state index contributed by atoms with van der Waals surface area (Å²) in [5.74, 6) is 1.74. The van der Waals surface area contributed by atoms with Crippen LogP contribution in [0.15, 0.2) is 39.3 Å². The molecule has 21 heavy (non-hydrogen) atoms. The number of ether oxygens (including phenoxy) is 1. The maximum atomic E-state index is 6.12. The lowest BCUT2D eigenvalue weighted by Gasteiger charge is -2.17. The first kappa shape index (κ1) is 16.5. The topological polar surface area (TPSA) is 21.3 Å². The molecule has 1 N–H and O–H groups in total. The van der Waals surface area contributed by atoms with E-state index in [9.17, 15) is 0 Å². The third kappa shape index (κ3) is 3.87. The quantitative estimate of drug-likeness (QED) is 0.674. The molecule has 0 aromatic heterocycles. The van der Waals surface area contributed by atoms with Crippen molar-refractivity contribution >= 4 is 31.9 Å². The summed E-state index contributed by atoms with van der Waals surface area (Å²) in [7, 11) is 1.95. The smallest absolute Gasteiger partial charge is 0.132 e. The minimum Gasteiger partial charge on any atom is -0.457 e. The normalized spacial score (nSPS) is 12.3. The zero-order valence-electron chi connectivity index (χ0n) is 12.6. The number of rotatable bonds is 4. The molecule has 1 unspecified atom stereocenters. The molecular formula is C17H19Br2NO. The Hall–Kier alpha value is -0.840. The van der Waals surface area contributed by atoms with Gasteiger partial charge in [-0.3, -0.25) is 0 Å². The summed E-state index contributed by atoms with van der Waals surface area (Å²) in [5.41, 5.74) is 3.47. The molecule has 2 aromatic rings. The monoisotopic (exact) mass is 411 g/mol. The molecule has 0 aliphatic carbocycles. The van der Waals surface area contributed by atoms with Gasteiger partial charge in [-0.05, 0) is 69.3 Å². The molecule has 0 heterocycles. The van der Waals surface area contributed by atoms with Gasteiger partial charge in [0.1, 0.15) is 11.5 Å². The minimum absolute atomic E-state index is 0.218. The van der Waals surface area contributed by atoms with Gasteiger partial charge in [0.05, 0.1) is 0 Å². The fourth-order valence-electron chi connectivity index (χ4n) is 2.20. The van der Waals surface area contributed by atoms with Crippen molar-refractivity contribution in [1.29, 1.82) is 0 Å². The lowest BCUT2D eigenvalue weighted by atomic mass is 10.1. The summed E-state index contributed by atoms with van der Waals surface area (Å²) in [6.07, 6.45) is 0. The third-order valence-electron chi connectivity index (χ3n) is 3.51. The van der Waals surface area contributed by atoms with Gasteiger partial charge in [0.2, 0.25) is 0 Å². The highest BCUT2D eigenvalue weighted by Gasteiger charge is 2.12. The molecular weight excluding hydrogens is 394 g/mol. The lowest BCUT2D eigenvalue weighted by molar-refractivity contribution is 0.465. The Kier molecular flexibility index (Phi) is 5.47. The average molecular weight is 413 g/mol. The predicted molar refractivity (Wildman–Crippen MR) is 95.3 cm³/mol. The molecule has 0 aliphatic heterocycles. The van der Waals surface area contributed by atoms with E-state index < -0.39 is 0 Å². The summed E-state index contributed by atoms with van der Waals surface area (Å²) in [6, 6.07) is 10.4. The molecule has 0 amide bonds. The van der Waals surface area contributed by atoms with Gasteiger partial charge in [0.25, 0.3) is 0 Å². The average Bonchev–Trinajstić information content (AvgIpc) is 2.45. The minimum atomic E-state index is 0.218. The second-order valence-electron chi connectivity index (χ2n) is 5.17. The van der Waals surface area contributed by atoms with Gasteiger partial charge < -0.3 is 10.1 Å². The molecule has 0 bridgehead atoms. The summed E-state index contributed by atoms with van der Waals surface area (Å²) in [4.78, 5) is 0. The summed E-state index contributed by atoms with van der Waals surface area (Å²) < 4.78 is 8.31. The van der Waals surface area contributed by atoms with Gasteiger partial charge in [0.15, 0.2) is 0 Å². The Bertz CT molecular complexity index is 632. The Morgan fingerprint density at radius 2 is 1.67 bits per heavy atom. The Morgan fingerprint density at radius 1 is 1.05 bits per heavy atom. The molecule has 0 saturated heterocycles. The van der Waals surface area contributed by atoms with E-state index in [0.717, 1.165) is 26.0 Å². The molecule has 1 atom stereocenters. The third-order valence-corrected chi connectivity index (χ3v) is 5.25. The van der Waals surface area contributed by atoms with E-state index in [0.29, 0.717) is 0 Å². The van der Waals surface area contributed by atoms with Crippen molar-refractivity contribution in [3.8, 4) is 11.5 Å². The standard InChI is InChI=1S/C17H19Br2NO/c1-10-7-14(8-11(2)17(10)19)21-16-6-5-13(18)9-15(16)12(3)20-4/h5-9,12,20H,1-4H3. The lowest BCUT2D eigenvalue weighted by Crippen LogP contribution is -2.13. The first-order chi connectivity index (χ1) is 9.92. The molecule has 2 rings (SSSR count). The number of halogens is 2. The Morgan fingerprint density at radius 3 is 2.24 bits per heavy atom. The van der Waals surface area contributed by atoms with Crippen LogP contribution in [0.5, 0.6) is 11.5 Å². The number of aryl methyl sites for hydroxylation is 2. The van der Waals surface area contributed by atoms with Crippen LogP contribution in [0.25, 0.3) is 0 Å². The highest BCUT2D eigenvalue weighted by atomic mass is 79.9. The summed E-state index contributed by atoms with van der Waals surface area (Å²) in [5, 5.41) is 3.26. The molecule has 0 spiro atoms. The molecule has 2 aromatic carbocycles. The van der Waals surface area contributed by atoms with Crippen LogP contribution in [-0.2, 0) is 0 Å². The Balaban J connectivity index is 2.40. The molecule has 0 fully saturated rings. The van der Waals surface area contributed by atoms with E-state index in [2.05, 4.69) is 64.0 Å². The fraction of sp³-hybridized carbons (Fsp3) is 0.294. The fourth-order valence-corrected chi connectivity index (χ4v) is 2.81. The largest absolute Gasteiger partial charge is 0.457 e. The molecule has 2 nitrogen and oxygen atoms in total. The number of hydrogen-bond acceptors (Lipinski definition) is 2. The van der Waals surface area contributed by atoms with E-state index in [4.69, 9.17) is 4.74 Å². The van der Waals surface area contributed by atoms with Crippen LogP contribution < -0.4 is 10.1 Å². The SMILES string of the molecule is CNC(C)c1cc(Br)ccc1Oc1cc(C)c(Br)c(C)c1. The Labute approximate surface area is 143 Å². The van der Waals surface area contributed by atoms with Crippen molar-refractivity contribution in [3.05, 3.63) is 56.0 Å². The number of hydrogen-bond donors (Lipinski definition) is 1. The van der Waals surface area contributed by atoms with Crippen molar-refractivity contribution in [1.82, 2.24) is 5.32 Å². The van der Waals surface area contributed by atoms with E-state index in [1.54, 1.807) is 0 Å². The van der Waals surface area contributed by atoms with E-state index in [1.165, 1.54) is 11.1 Å². The number of benzene rings is 2. The molecule has 0 radical (unpaired) electrons. The van der Waals surface area contributed by atoms with Crippen LogP contribution in [0.4, 0.5) is 0 Å². The molecule has 4 heteroatoms. The molecule has 112 valence electrons. The first-order valence-corrected chi connectivity index (χ1v) is 8.42. The van der Waals surface area contributed by atoms with Crippen LogP contribution in [0.2, 0.25) is 0 Å². The van der Waals surface area contributed by atoms with E-state index in [1.807, 2.05) is 31.3 Å². The van der Waals surface area contributed by atoms with Crippen LogP contribution in [-0.4, -0.2) is 7.05 Å². The zero-order valence-corrected chi connectivity index (χ0v) is 15.8. The van der Waals surface area contributed by atoms with Crippen LogP contribution in [0, 0.1) is 13.8 Å². The van der Waals surface area contributed by atoms with E-state index >= 15 is 0 Å². The van der Waals surface area contributed by atoms with Gasteiger partial charge in [-0.15, -0.1) is 0 Å². The molecule has 0 aliphatic rings. The summed E-state index contributed by atoms with van der Waals surface area (Å²) in [6.45, 7) is 6.26. The van der Waals surface area contributed by atoms with Gasteiger partial charge in [0, 0.05) is 20.6 Å². The van der Waals surface area contributed by atoms with E-state index in [-0.39, 0.29) is 6.04 Å². The van der Waals surface area contributed by atoms with Gasteiger partial charge in [-0.1, -0.05) is 31.9 Å². The maximum absolute atomic E-state index is 6.12. The maximum Gasteiger partial charge on any atom is 0.132 e. The predicted octanol–water partition coefficient (Wildman–Crippen LogP) is 5.90. The summed E-state index contributed by atoms with van der Waals surface area (Å²) >= 11 is 7.11. The highest BCUT2D eigenvalue weighted by Crippen LogP contribution is 2.34. The zero-order chi connectivity index (χ0) is 15.6. The van der Waals surface area contributed by atoms with Crippen molar-refractivity contribution in [2.45, 2.75) is 26.8 Å². The van der Waals surface area contributed by atoms with Crippen molar-refractivity contribution in [2.75, 3.05) is 7.05 Å². The van der Waals surface area contributed by atoms with Crippen molar-refractivity contribution in [2.24, 2.45) is 0 Å². The van der Waals surface area contributed by atoms with Gasteiger partial charge >= 0.3 is 0 Å². The van der Waals surface area contributed by atoms with Gasteiger partial charge in [-0.2, -0.15) is 0 Å². The van der Waals surface area contributed by atoms with Crippen LogP contribution >= 0.6 is 31.9 Å². The van der Waals surface area contributed by atoms with Crippen LogP contribution in [0.1, 0.15) is 29.7 Å². The molecule has 0 saturated carbocycles. The second kappa shape index (κ2) is 6.95. The van der Waals surface area contributed by atoms with Crippen LogP contribution in [0.3, 0.4) is 0 Å².